The molecule has 1 aromatic rings. The molecule has 2 rings (SSSR count). The van der Waals surface area contributed by atoms with Gasteiger partial charge in [-0.1, -0.05) is 43.6 Å². The number of ether oxygens (including phenoxy) is 1. The van der Waals surface area contributed by atoms with Crippen LogP contribution in [0.5, 0.6) is 0 Å². The first-order chi connectivity index (χ1) is 9.66. The number of hydrogen-bond donors (Lipinski definition) is 1. The van der Waals surface area contributed by atoms with Crippen LogP contribution in [0.1, 0.15) is 44.6 Å². The molecule has 1 fully saturated rings. The summed E-state index contributed by atoms with van der Waals surface area (Å²) in [6.07, 6.45) is 3.66. The summed E-state index contributed by atoms with van der Waals surface area (Å²) in [6, 6.07) is 8.92. The maximum Gasteiger partial charge on any atom is 0.0488 e. The zero-order valence-corrected chi connectivity index (χ0v) is 13.3. The molecule has 3 heteroatoms. The van der Waals surface area contributed by atoms with Crippen LogP contribution in [0.3, 0.4) is 0 Å². The molecule has 1 aliphatic rings. The van der Waals surface area contributed by atoms with E-state index in [0.717, 1.165) is 37.2 Å². The minimum absolute atomic E-state index is 0.441. The second-order valence-corrected chi connectivity index (χ2v) is 6.57. The van der Waals surface area contributed by atoms with Crippen LogP contribution < -0.4 is 5.32 Å². The minimum Gasteiger partial charge on any atom is -0.381 e. The van der Waals surface area contributed by atoms with Gasteiger partial charge in [-0.25, -0.2) is 0 Å². The second-order valence-electron chi connectivity index (χ2n) is 6.16. The van der Waals surface area contributed by atoms with Gasteiger partial charge in [0, 0.05) is 36.7 Å². The normalized spacial score (nSPS) is 16.6. The third kappa shape index (κ3) is 5.43. The molecule has 0 spiro atoms. The number of rotatable bonds is 9. The van der Waals surface area contributed by atoms with E-state index in [9.17, 15) is 0 Å². The molecule has 0 aromatic heterocycles. The van der Waals surface area contributed by atoms with E-state index >= 15 is 0 Å². The lowest BCUT2D eigenvalue weighted by Crippen LogP contribution is -2.24. The fourth-order valence-corrected chi connectivity index (χ4v) is 2.60. The second kappa shape index (κ2) is 8.02. The quantitative estimate of drug-likeness (QED) is 0.688. The average Bonchev–Trinajstić information content (AvgIpc) is 3.23. The highest BCUT2D eigenvalue weighted by molar-refractivity contribution is 6.31. The van der Waals surface area contributed by atoms with Crippen LogP contribution in [0.2, 0.25) is 5.02 Å². The Morgan fingerprint density at radius 1 is 1.30 bits per heavy atom. The molecule has 0 heterocycles. The van der Waals surface area contributed by atoms with Crippen LogP contribution in [-0.2, 0) is 4.74 Å². The van der Waals surface area contributed by atoms with Crippen molar-refractivity contribution in [3.8, 4) is 0 Å². The summed E-state index contributed by atoms with van der Waals surface area (Å²) in [5.41, 5.74) is 1.25. The molecule has 1 saturated carbocycles. The van der Waals surface area contributed by atoms with Gasteiger partial charge in [-0.05, 0) is 36.8 Å². The summed E-state index contributed by atoms with van der Waals surface area (Å²) in [4.78, 5) is 0. The first kappa shape index (κ1) is 15.8. The first-order valence-electron chi connectivity index (χ1n) is 7.72. The fourth-order valence-electron chi connectivity index (χ4n) is 2.31. The Morgan fingerprint density at radius 3 is 2.70 bits per heavy atom. The SMILES string of the molecule is CC(C)COCCC(CNC1CC1)c1ccccc1Cl. The van der Waals surface area contributed by atoms with Crippen molar-refractivity contribution in [2.45, 2.75) is 45.1 Å². The van der Waals surface area contributed by atoms with Gasteiger partial charge in [-0.2, -0.15) is 0 Å². The Hall–Kier alpha value is -0.570. The summed E-state index contributed by atoms with van der Waals surface area (Å²) in [7, 11) is 0. The van der Waals surface area contributed by atoms with Gasteiger partial charge in [-0.15, -0.1) is 0 Å². The molecule has 112 valence electrons. The highest BCUT2D eigenvalue weighted by Crippen LogP contribution is 2.28. The largest absolute Gasteiger partial charge is 0.381 e. The van der Waals surface area contributed by atoms with Crippen molar-refractivity contribution in [3.63, 3.8) is 0 Å². The summed E-state index contributed by atoms with van der Waals surface area (Å²) in [5, 5.41) is 4.49. The van der Waals surface area contributed by atoms with Crippen LogP contribution in [0.25, 0.3) is 0 Å². The van der Waals surface area contributed by atoms with Crippen molar-refractivity contribution in [3.05, 3.63) is 34.9 Å². The van der Waals surface area contributed by atoms with Crippen LogP contribution >= 0.6 is 11.6 Å². The van der Waals surface area contributed by atoms with Crippen LogP contribution in [0.4, 0.5) is 0 Å². The number of hydrogen-bond acceptors (Lipinski definition) is 2. The van der Waals surface area contributed by atoms with E-state index in [1.807, 2.05) is 12.1 Å². The van der Waals surface area contributed by atoms with Gasteiger partial charge in [0.1, 0.15) is 0 Å². The van der Waals surface area contributed by atoms with Gasteiger partial charge in [0.05, 0.1) is 0 Å². The molecule has 0 amide bonds. The molecule has 1 N–H and O–H groups in total. The number of nitrogens with one attached hydrogen (secondary N) is 1. The van der Waals surface area contributed by atoms with E-state index in [1.54, 1.807) is 0 Å². The Kier molecular flexibility index (Phi) is 6.34. The molecular weight excluding hydrogens is 270 g/mol. The van der Waals surface area contributed by atoms with Gasteiger partial charge in [0.15, 0.2) is 0 Å². The van der Waals surface area contributed by atoms with Crippen molar-refractivity contribution >= 4 is 11.6 Å². The molecule has 2 nitrogen and oxygen atoms in total. The third-order valence-corrected chi connectivity index (χ3v) is 3.98. The summed E-state index contributed by atoms with van der Waals surface area (Å²) in [5.74, 6) is 1.04. The highest BCUT2D eigenvalue weighted by atomic mass is 35.5. The Labute approximate surface area is 127 Å². The zero-order valence-electron chi connectivity index (χ0n) is 12.6. The molecule has 1 aliphatic carbocycles. The number of halogens is 1. The van der Waals surface area contributed by atoms with Gasteiger partial charge in [-0.3, -0.25) is 0 Å². The molecule has 0 saturated heterocycles. The molecule has 0 aliphatic heterocycles. The third-order valence-electron chi connectivity index (χ3n) is 3.64. The lowest BCUT2D eigenvalue weighted by molar-refractivity contribution is 0.103. The van der Waals surface area contributed by atoms with E-state index in [1.165, 1.54) is 18.4 Å². The van der Waals surface area contributed by atoms with Gasteiger partial charge in [0.2, 0.25) is 0 Å². The molecule has 1 atom stereocenters. The van der Waals surface area contributed by atoms with Crippen LogP contribution in [0, 0.1) is 5.92 Å². The zero-order chi connectivity index (χ0) is 14.4. The molecule has 20 heavy (non-hydrogen) atoms. The van der Waals surface area contributed by atoms with Crippen molar-refractivity contribution < 1.29 is 4.74 Å². The Balaban J connectivity index is 1.87. The topological polar surface area (TPSA) is 21.3 Å². The van der Waals surface area contributed by atoms with Crippen molar-refractivity contribution in [1.29, 1.82) is 0 Å². The van der Waals surface area contributed by atoms with Crippen molar-refractivity contribution in [1.82, 2.24) is 5.32 Å². The molecule has 1 aromatic carbocycles. The van der Waals surface area contributed by atoms with Gasteiger partial charge >= 0.3 is 0 Å². The van der Waals surface area contributed by atoms with Gasteiger partial charge < -0.3 is 10.1 Å². The summed E-state index contributed by atoms with van der Waals surface area (Å²) in [6.45, 7) is 7.01. The van der Waals surface area contributed by atoms with E-state index in [2.05, 4.69) is 31.3 Å². The summed E-state index contributed by atoms with van der Waals surface area (Å²) >= 11 is 6.34. The smallest absolute Gasteiger partial charge is 0.0488 e. The predicted molar refractivity (Wildman–Crippen MR) is 85.5 cm³/mol. The maximum atomic E-state index is 6.34. The lowest BCUT2D eigenvalue weighted by Gasteiger charge is -2.19. The fraction of sp³-hybridized carbons (Fsp3) is 0.647. The monoisotopic (exact) mass is 295 g/mol. The Morgan fingerprint density at radius 2 is 2.05 bits per heavy atom. The van der Waals surface area contributed by atoms with Crippen LogP contribution in [-0.4, -0.2) is 25.8 Å². The molecule has 1 unspecified atom stereocenters. The summed E-state index contributed by atoms with van der Waals surface area (Å²) < 4.78 is 5.74. The first-order valence-corrected chi connectivity index (χ1v) is 8.10. The van der Waals surface area contributed by atoms with Gasteiger partial charge in [0.25, 0.3) is 0 Å². The number of benzene rings is 1. The standard InChI is InChI=1S/C17H26ClNO/c1-13(2)12-20-10-9-14(11-19-15-7-8-15)16-5-3-4-6-17(16)18/h3-6,13-15,19H,7-12H2,1-2H3. The van der Waals surface area contributed by atoms with Crippen molar-refractivity contribution in [2.75, 3.05) is 19.8 Å². The molecule has 0 bridgehead atoms. The molecular formula is C17H26ClNO. The predicted octanol–water partition coefficient (Wildman–Crippen LogP) is 4.24. The van der Waals surface area contributed by atoms with Crippen LogP contribution in [0.15, 0.2) is 24.3 Å². The van der Waals surface area contributed by atoms with Crippen molar-refractivity contribution in [2.24, 2.45) is 5.92 Å². The lowest BCUT2D eigenvalue weighted by atomic mass is 9.96. The van der Waals surface area contributed by atoms with E-state index in [0.29, 0.717) is 11.8 Å². The highest BCUT2D eigenvalue weighted by Gasteiger charge is 2.23. The Bertz CT molecular complexity index is 404. The maximum absolute atomic E-state index is 6.34. The van der Waals surface area contributed by atoms with E-state index in [4.69, 9.17) is 16.3 Å². The molecule has 0 radical (unpaired) electrons. The minimum atomic E-state index is 0.441. The van der Waals surface area contributed by atoms with E-state index in [-0.39, 0.29) is 0 Å². The van der Waals surface area contributed by atoms with E-state index < -0.39 is 0 Å². The average molecular weight is 296 g/mol.